The topological polar surface area (TPSA) is 83.9 Å². The highest BCUT2D eigenvalue weighted by molar-refractivity contribution is 7.99. The molecule has 0 bridgehead atoms. The average molecular weight is 411 g/mol. The number of halogens is 1. The number of sulfonamides is 1. The molecule has 0 radical (unpaired) electrons. The third-order valence-corrected chi connectivity index (χ3v) is 7.07. The van der Waals surface area contributed by atoms with E-state index in [2.05, 4.69) is 0 Å². The van der Waals surface area contributed by atoms with Gasteiger partial charge in [-0.05, 0) is 29.8 Å². The van der Waals surface area contributed by atoms with Crippen LogP contribution in [0.2, 0.25) is 0 Å². The molecule has 0 aromatic heterocycles. The molecule has 0 spiro atoms. The fourth-order valence-corrected chi connectivity index (χ4v) is 5.50. The van der Waals surface area contributed by atoms with Gasteiger partial charge in [-0.25, -0.2) is 17.6 Å². The van der Waals surface area contributed by atoms with Crippen molar-refractivity contribution >= 4 is 27.8 Å². The van der Waals surface area contributed by atoms with Crippen LogP contribution in [0.1, 0.15) is 10.4 Å². The van der Waals surface area contributed by atoms with E-state index in [1.807, 2.05) is 0 Å². The minimum absolute atomic E-state index is 0.00862. The van der Waals surface area contributed by atoms with Crippen LogP contribution in [0.15, 0.2) is 41.3 Å². The van der Waals surface area contributed by atoms with Gasteiger partial charge in [-0.15, -0.1) is 0 Å². The molecule has 6 nitrogen and oxygen atoms in total. The molecule has 27 heavy (non-hydrogen) atoms. The van der Waals surface area contributed by atoms with E-state index in [-0.39, 0.29) is 27.3 Å². The van der Waals surface area contributed by atoms with Crippen LogP contribution in [0, 0.1) is 5.82 Å². The molecule has 0 aliphatic carbocycles. The summed E-state index contributed by atoms with van der Waals surface area (Å²) in [6, 6.07) is 8.12. The summed E-state index contributed by atoms with van der Waals surface area (Å²) < 4.78 is 46.8. The Balaban J connectivity index is 2.16. The first kappa shape index (κ1) is 19.7. The standard InChI is InChI=1S/C18H18FNO5S2/c1-25-16-4-2-3-15(17(16)19)12-9-13(18(21)22)11-14(10-12)27(23,24)20-5-7-26-8-6-20/h2-4,9-11H,5-8H2,1H3,(H,21,22). The number of ether oxygens (including phenoxy) is 1. The molecule has 0 amide bonds. The fourth-order valence-electron chi connectivity index (χ4n) is 2.85. The molecule has 1 N–H and O–H groups in total. The summed E-state index contributed by atoms with van der Waals surface area (Å²) in [4.78, 5) is 11.4. The minimum atomic E-state index is -3.87. The summed E-state index contributed by atoms with van der Waals surface area (Å²) in [7, 11) is -2.55. The van der Waals surface area contributed by atoms with Crippen molar-refractivity contribution in [1.82, 2.24) is 4.31 Å². The summed E-state index contributed by atoms with van der Waals surface area (Å²) in [5.74, 6) is -0.624. The SMILES string of the molecule is COc1cccc(-c2cc(C(=O)O)cc(S(=O)(=O)N3CCSCC3)c2)c1F. The van der Waals surface area contributed by atoms with Gasteiger partial charge in [0.25, 0.3) is 0 Å². The molecule has 1 heterocycles. The molecular weight excluding hydrogens is 393 g/mol. The molecule has 1 saturated heterocycles. The van der Waals surface area contributed by atoms with Gasteiger partial charge >= 0.3 is 5.97 Å². The molecule has 1 fully saturated rings. The van der Waals surface area contributed by atoms with Crippen molar-refractivity contribution < 1.29 is 27.4 Å². The third kappa shape index (κ3) is 3.95. The number of rotatable bonds is 5. The van der Waals surface area contributed by atoms with E-state index >= 15 is 0 Å². The number of carboxylic acid groups (broad SMARTS) is 1. The lowest BCUT2D eigenvalue weighted by Crippen LogP contribution is -2.37. The number of methoxy groups -OCH3 is 1. The van der Waals surface area contributed by atoms with Gasteiger partial charge in [0.15, 0.2) is 11.6 Å². The highest BCUT2D eigenvalue weighted by Crippen LogP contribution is 2.32. The number of nitrogens with zero attached hydrogens (tertiary/aromatic N) is 1. The van der Waals surface area contributed by atoms with Crippen LogP contribution in [0.4, 0.5) is 4.39 Å². The second-order valence-electron chi connectivity index (χ2n) is 5.89. The van der Waals surface area contributed by atoms with E-state index < -0.39 is 21.8 Å². The van der Waals surface area contributed by atoms with Gasteiger partial charge in [-0.3, -0.25) is 0 Å². The first-order valence-corrected chi connectivity index (χ1v) is 10.7. The molecule has 144 valence electrons. The second kappa shape index (κ2) is 7.87. The predicted molar refractivity (Wildman–Crippen MR) is 101 cm³/mol. The Labute approximate surface area is 161 Å². The summed E-state index contributed by atoms with van der Waals surface area (Å²) in [6.07, 6.45) is 0. The van der Waals surface area contributed by atoms with Crippen LogP contribution >= 0.6 is 11.8 Å². The predicted octanol–water partition coefficient (Wildman–Crippen LogP) is 2.94. The van der Waals surface area contributed by atoms with Crippen molar-refractivity contribution in [3.8, 4) is 16.9 Å². The Morgan fingerprint density at radius 3 is 2.56 bits per heavy atom. The monoisotopic (exact) mass is 411 g/mol. The van der Waals surface area contributed by atoms with Crippen molar-refractivity contribution in [3.05, 3.63) is 47.8 Å². The van der Waals surface area contributed by atoms with Crippen LogP contribution in [-0.4, -0.2) is 55.5 Å². The molecule has 0 saturated carbocycles. The van der Waals surface area contributed by atoms with Gasteiger partial charge in [0, 0.05) is 30.2 Å². The smallest absolute Gasteiger partial charge is 0.335 e. The number of hydrogen-bond acceptors (Lipinski definition) is 5. The zero-order valence-corrected chi connectivity index (χ0v) is 16.1. The lowest BCUT2D eigenvalue weighted by atomic mass is 10.0. The van der Waals surface area contributed by atoms with Crippen LogP contribution in [0.25, 0.3) is 11.1 Å². The number of hydrogen-bond donors (Lipinski definition) is 1. The number of carbonyl (C=O) groups is 1. The lowest BCUT2D eigenvalue weighted by Gasteiger charge is -2.26. The van der Waals surface area contributed by atoms with Crippen LogP contribution in [-0.2, 0) is 10.0 Å². The van der Waals surface area contributed by atoms with Crippen LogP contribution in [0.3, 0.4) is 0 Å². The number of carboxylic acids is 1. The van der Waals surface area contributed by atoms with Crippen LogP contribution < -0.4 is 4.74 Å². The quantitative estimate of drug-likeness (QED) is 0.815. The van der Waals surface area contributed by atoms with Gasteiger partial charge in [-0.1, -0.05) is 12.1 Å². The number of thioether (sulfide) groups is 1. The Hall–Kier alpha value is -2.10. The van der Waals surface area contributed by atoms with E-state index in [1.165, 1.54) is 35.7 Å². The molecule has 1 aliphatic rings. The third-order valence-electron chi connectivity index (χ3n) is 4.26. The van der Waals surface area contributed by atoms with Gasteiger partial charge in [0.1, 0.15) is 0 Å². The maximum absolute atomic E-state index is 14.6. The summed E-state index contributed by atoms with van der Waals surface area (Å²) in [5.41, 5.74) is 0.0130. The Morgan fingerprint density at radius 1 is 1.22 bits per heavy atom. The van der Waals surface area contributed by atoms with Crippen molar-refractivity contribution in [2.45, 2.75) is 4.90 Å². The van der Waals surface area contributed by atoms with E-state index in [4.69, 9.17) is 4.74 Å². The Bertz CT molecular complexity index is 972. The van der Waals surface area contributed by atoms with Gasteiger partial charge < -0.3 is 9.84 Å². The molecule has 0 unspecified atom stereocenters. The maximum Gasteiger partial charge on any atom is 0.335 e. The lowest BCUT2D eigenvalue weighted by molar-refractivity contribution is 0.0696. The molecule has 9 heteroatoms. The molecule has 1 aliphatic heterocycles. The van der Waals surface area contributed by atoms with E-state index in [9.17, 15) is 22.7 Å². The van der Waals surface area contributed by atoms with Crippen LogP contribution in [0.5, 0.6) is 5.75 Å². The zero-order chi connectivity index (χ0) is 19.6. The molecule has 3 rings (SSSR count). The molecule has 0 atom stereocenters. The Morgan fingerprint density at radius 2 is 1.93 bits per heavy atom. The van der Waals surface area contributed by atoms with Gasteiger partial charge in [0.2, 0.25) is 10.0 Å². The zero-order valence-electron chi connectivity index (χ0n) is 14.5. The van der Waals surface area contributed by atoms with E-state index in [0.717, 1.165) is 6.07 Å². The Kier molecular flexibility index (Phi) is 5.73. The molecular formula is C18H18FNO5S2. The first-order chi connectivity index (χ1) is 12.8. The van der Waals surface area contributed by atoms with E-state index in [1.54, 1.807) is 17.8 Å². The summed E-state index contributed by atoms with van der Waals surface area (Å²) in [5, 5.41) is 9.40. The molecule has 2 aromatic carbocycles. The van der Waals surface area contributed by atoms with Crippen molar-refractivity contribution in [2.75, 3.05) is 31.7 Å². The first-order valence-electron chi connectivity index (χ1n) is 8.13. The van der Waals surface area contributed by atoms with Crippen molar-refractivity contribution in [3.63, 3.8) is 0 Å². The molecule has 2 aromatic rings. The number of benzene rings is 2. The summed E-state index contributed by atoms with van der Waals surface area (Å²) in [6.45, 7) is 0.709. The second-order valence-corrected chi connectivity index (χ2v) is 9.05. The van der Waals surface area contributed by atoms with Gasteiger partial charge in [0.05, 0.1) is 17.6 Å². The normalized spacial score (nSPS) is 15.5. The van der Waals surface area contributed by atoms with Crippen molar-refractivity contribution in [1.29, 1.82) is 0 Å². The minimum Gasteiger partial charge on any atom is -0.494 e. The van der Waals surface area contributed by atoms with Crippen molar-refractivity contribution in [2.24, 2.45) is 0 Å². The van der Waals surface area contributed by atoms with Gasteiger partial charge in [-0.2, -0.15) is 16.1 Å². The largest absolute Gasteiger partial charge is 0.494 e. The maximum atomic E-state index is 14.6. The fraction of sp³-hybridized carbons (Fsp3) is 0.278. The number of aromatic carboxylic acids is 1. The summed E-state index contributed by atoms with van der Waals surface area (Å²) >= 11 is 1.66. The van der Waals surface area contributed by atoms with E-state index in [0.29, 0.717) is 24.6 Å². The average Bonchev–Trinajstić information content (AvgIpc) is 2.68. The highest BCUT2D eigenvalue weighted by Gasteiger charge is 2.28. The highest BCUT2D eigenvalue weighted by atomic mass is 32.2.